The van der Waals surface area contributed by atoms with E-state index in [-0.39, 0.29) is 0 Å². The van der Waals surface area contributed by atoms with Crippen LogP contribution < -0.4 is 5.50 Å². The van der Waals surface area contributed by atoms with E-state index in [1.54, 1.807) is 0 Å². The lowest BCUT2D eigenvalue weighted by Crippen LogP contribution is -2.29. The van der Waals surface area contributed by atoms with Crippen LogP contribution >= 0.6 is 30.9 Å². The molecular weight excluding hydrogens is 342 g/mol. The summed E-state index contributed by atoms with van der Waals surface area (Å²) in [4.78, 5) is 0. The van der Waals surface area contributed by atoms with Crippen molar-refractivity contribution >= 4 is 30.9 Å². The highest BCUT2D eigenvalue weighted by Crippen LogP contribution is 2.42. The molecule has 0 radical (unpaired) electrons. The minimum absolute atomic E-state index is 0.306. The molecule has 0 saturated heterocycles. The normalized spacial score (nSPS) is 14.5. The molecule has 0 unspecified atom stereocenters. The monoisotopic (exact) mass is 364 g/mol. The lowest BCUT2D eigenvalue weighted by atomic mass is 10.1. The fourth-order valence-electron chi connectivity index (χ4n) is 1.87. The highest BCUT2D eigenvalue weighted by atomic mass is 35.5. The molecule has 0 aliphatic carbocycles. The van der Waals surface area contributed by atoms with Crippen LogP contribution in [0.5, 0.6) is 0 Å². The van der Waals surface area contributed by atoms with Crippen LogP contribution in [0.4, 0.5) is 0 Å². The van der Waals surface area contributed by atoms with Gasteiger partial charge < -0.3 is 4.52 Å². The second-order valence-electron chi connectivity index (χ2n) is 4.68. The zero-order valence-corrected chi connectivity index (χ0v) is 14.9. The van der Waals surface area contributed by atoms with Gasteiger partial charge in [0.05, 0.1) is 6.61 Å². The van der Waals surface area contributed by atoms with Gasteiger partial charge in [-0.2, -0.15) is 0 Å². The number of allylic oxidation sites excluding steroid dienone is 1. The number of benzene rings is 1. The quantitative estimate of drug-likeness (QED) is 0.278. The summed E-state index contributed by atoms with van der Waals surface area (Å²) in [6.45, 7) is 1.10. The Balaban J connectivity index is 2.31. The minimum Gasteiger partial charge on any atom is -0.306 e. The third kappa shape index (κ3) is 7.77. The highest BCUT2D eigenvalue weighted by molar-refractivity contribution is 7.53. The van der Waals surface area contributed by atoms with Crippen LogP contribution in [-0.2, 0) is 15.5 Å². The van der Waals surface area contributed by atoms with Crippen molar-refractivity contribution in [2.45, 2.75) is 12.8 Å². The zero-order chi connectivity index (χ0) is 16.3. The molecule has 0 amide bonds. The van der Waals surface area contributed by atoms with Crippen LogP contribution in [0, 0.1) is 0 Å². The fraction of sp³-hybridized carbons (Fsp3) is 0.467. The number of hydrogen-bond donors (Lipinski definition) is 1. The molecule has 0 fully saturated rings. The molecule has 1 atom stereocenters. The van der Waals surface area contributed by atoms with Gasteiger partial charge in [-0.05, 0) is 18.4 Å². The van der Waals surface area contributed by atoms with E-state index in [1.165, 1.54) is 10.2 Å². The van der Waals surface area contributed by atoms with Gasteiger partial charge in [0.25, 0.3) is 0 Å². The van der Waals surface area contributed by atoms with Gasteiger partial charge in [-0.25, -0.2) is 10.2 Å². The van der Waals surface area contributed by atoms with E-state index in [2.05, 4.69) is 18.2 Å². The maximum absolute atomic E-state index is 12.3. The van der Waals surface area contributed by atoms with Gasteiger partial charge in [-0.1, -0.05) is 42.5 Å². The SMILES string of the molecule is N[P@@](=O)(OCC/C=C/Cc1ccccc1)N(CCCl)CCCl. The Hall–Kier alpha value is -0.350. The Kier molecular flexibility index (Phi) is 10.1. The molecule has 22 heavy (non-hydrogen) atoms. The Labute approximate surface area is 142 Å². The Morgan fingerprint density at radius 2 is 1.77 bits per heavy atom. The van der Waals surface area contributed by atoms with Crippen LogP contribution in [0.3, 0.4) is 0 Å². The van der Waals surface area contributed by atoms with Crippen LogP contribution in [0.25, 0.3) is 0 Å². The Bertz CT molecular complexity index is 480. The molecule has 1 aromatic carbocycles. The van der Waals surface area contributed by atoms with Crippen molar-refractivity contribution in [2.24, 2.45) is 5.50 Å². The Morgan fingerprint density at radius 1 is 1.14 bits per heavy atom. The van der Waals surface area contributed by atoms with E-state index < -0.39 is 7.67 Å². The molecule has 2 N–H and O–H groups in total. The van der Waals surface area contributed by atoms with E-state index in [4.69, 9.17) is 33.2 Å². The van der Waals surface area contributed by atoms with Crippen molar-refractivity contribution in [1.82, 2.24) is 4.67 Å². The molecule has 0 bridgehead atoms. The van der Waals surface area contributed by atoms with Gasteiger partial charge >= 0.3 is 7.67 Å². The van der Waals surface area contributed by atoms with Crippen LogP contribution in [0.1, 0.15) is 12.0 Å². The molecule has 4 nitrogen and oxygen atoms in total. The van der Waals surface area contributed by atoms with Gasteiger partial charge in [0, 0.05) is 24.8 Å². The molecule has 0 spiro atoms. The zero-order valence-electron chi connectivity index (χ0n) is 12.5. The highest BCUT2D eigenvalue weighted by Gasteiger charge is 2.25. The first kappa shape index (κ1) is 19.7. The summed E-state index contributed by atoms with van der Waals surface area (Å²) >= 11 is 11.3. The molecule has 0 saturated carbocycles. The third-order valence-electron chi connectivity index (χ3n) is 3.00. The first-order valence-corrected chi connectivity index (χ1v) is 9.91. The van der Waals surface area contributed by atoms with E-state index in [1.807, 2.05) is 24.3 Å². The average molecular weight is 365 g/mol. The Morgan fingerprint density at radius 3 is 2.36 bits per heavy atom. The molecule has 1 aromatic rings. The number of alkyl halides is 2. The van der Waals surface area contributed by atoms with E-state index in [0.717, 1.165) is 6.42 Å². The van der Waals surface area contributed by atoms with Crippen molar-refractivity contribution < 1.29 is 9.09 Å². The summed E-state index contributed by atoms with van der Waals surface area (Å²) in [5.41, 5.74) is 7.01. The number of hydrogen-bond acceptors (Lipinski definition) is 2. The second-order valence-corrected chi connectivity index (χ2v) is 7.39. The predicted octanol–water partition coefficient (Wildman–Crippen LogP) is 4.04. The van der Waals surface area contributed by atoms with E-state index in [0.29, 0.717) is 37.9 Å². The van der Waals surface area contributed by atoms with Gasteiger partial charge in [0.15, 0.2) is 0 Å². The smallest absolute Gasteiger partial charge is 0.306 e. The number of rotatable bonds is 11. The molecule has 7 heteroatoms. The maximum atomic E-state index is 12.3. The maximum Gasteiger partial charge on any atom is 0.340 e. The summed E-state index contributed by atoms with van der Waals surface area (Å²) in [6.07, 6.45) is 5.59. The fourth-order valence-corrected chi connectivity index (χ4v) is 3.80. The van der Waals surface area contributed by atoms with Gasteiger partial charge in [-0.15, -0.1) is 23.2 Å². The van der Waals surface area contributed by atoms with Crippen molar-refractivity contribution in [3.05, 3.63) is 48.0 Å². The first-order chi connectivity index (χ1) is 10.6. The second kappa shape index (κ2) is 11.2. The summed E-state index contributed by atoms with van der Waals surface area (Å²) in [5.74, 6) is 0.664. The molecule has 0 aromatic heterocycles. The number of nitrogens with zero attached hydrogens (tertiary/aromatic N) is 1. The van der Waals surface area contributed by atoms with Gasteiger partial charge in [0.1, 0.15) is 0 Å². The van der Waals surface area contributed by atoms with Crippen molar-refractivity contribution in [2.75, 3.05) is 31.5 Å². The molecule has 124 valence electrons. The van der Waals surface area contributed by atoms with Gasteiger partial charge in [-0.3, -0.25) is 4.57 Å². The predicted molar refractivity (Wildman–Crippen MR) is 94.7 cm³/mol. The summed E-state index contributed by atoms with van der Waals surface area (Å²) < 4.78 is 19.1. The van der Waals surface area contributed by atoms with Crippen molar-refractivity contribution in [1.29, 1.82) is 0 Å². The summed E-state index contributed by atoms with van der Waals surface area (Å²) in [6, 6.07) is 10.2. The topological polar surface area (TPSA) is 55.6 Å². The number of nitrogens with two attached hydrogens (primary N) is 1. The van der Waals surface area contributed by atoms with Crippen molar-refractivity contribution in [3.63, 3.8) is 0 Å². The molecule has 1 rings (SSSR count). The van der Waals surface area contributed by atoms with Crippen molar-refractivity contribution in [3.8, 4) is 0 Å². The summed E-state index contributed by atoms with van der Waals surface area (Å²) in [5, 5.41) is 0. The first-order valence-electron chi connectivity index (χ1n) is 7.19. The van der Waals surface area contributed by atoms with Crippen LogP contribution in [0.2, 0.25) is 0 Å². The largest absolute Gasteiger partial charge is 0.340 e. The molecule has 0 aliphatic rings. The standard InChI is InChI=1S/C15H23Cl2N2O2P/c16-10-12-19(13-11-17)22(18,20)21-14-6-2-5-9-15-7-3-1-4-8-15/h1-5,7-8H,6,9-14H2,(H2,18,20)/b5-2+/t22-/m1/s1. The van der Waals surface area contributed by atoms with Gasteiger partial charge in [0.2, 0.25) is 0 Å². The average Bonchev–Trinajstić information content (AvgIpc) is 2.51. The molecule has 0 aliphatic heterocycles. The van der Waals surface area contributed by atoms with Crippen LogP contribution in [0.15, 0.2) is 42.5 Å². The minimum atomic E-state index is -3.31. The van der Waals surface area contributed by atoms with E-state index >= 15 is 0 Å². The number of halogens is 2. The lowest BCUT2D eigenvalue weighted by molar-refractivity contribution is 0.270. The lowest BCUT2D eigenvalue weighted by Gasteiger charge is -2.26. The van der Waals surface area contributed by atoms with E-state index in [9.17, 15) is 4.57 Å². The van der Waals surface area contributed by atoms with Crippen LogP contribution in [-0.4, -0.2) is 36.1 Å². The third-order valence-corrected chi connectivity index (χ3v) is 5.08. The summed E-state index contributed by atoms with van der Waals surface area (Å²) in [7, 11) is -3.31. The molecular formula is C15H23Cl2N2O2P. The molecule has 0 heterocycles.